The lowest BCUT2D eigenvalue weighted by Crippen LogP contribution is -2.34. The summed E-state index contributed by atoms with van der Waals surface area (Å²) in [7, 11) is 0. The third-order valence-electron chi connectivity index (χ3n) is 3.98. The van der Waals surface area contributed by atoms with Gasteiger partial charge in [0.05, 0.1) is 0 Å². The quantitative estimate of drug-likeness (QED) is 0.576. The molecule has 2 fully saturated rings. The summed E-state index contributed by atoms with van der Waals surface area (Å²) in [6.07, 6.45) is 2.21. The lowest BCUT2D eigenvalue weighted by molar-refractivity contribution is -0.0493. The van der Waals surface area contributed by atoms with E-state index in [4.69, 9.17) is 9.47 Å². The zero-order chi connectivity index (χ0) is 14.3. The largest absolute Gasteiger partial charge is 0.519 e. The van der Waals surface area contributed by atoms with E-state index in [-0.39, 0.29) is 0 Å². The van der Waals surface area contributed by atoms with Crippen molar-refractivity contribution in [3.05, 3.63) is 0 Å². The maximum Gasteiger partial charge on any atom is 0.519 e. The van der Waals surface area contributed by atoms with Crippen LogP contribution in [0.4, 0.5) is 9.59 Å². The third kappa shape index (κ3) is 3.85. The minimum Gasteiger partial charge on any atom is -0.428 e. The maximum absolute atomic E-state index is 11.5. The summed E-state index contributed by atoms with van der Waals surface area (Å²) >= 11 is 0. The molecular formula is C14H22O5. The van der Waals surface area contributed by atoms with Gasteiger partial charge in [0.15, 0.2) is 0 Å². The van der Waals surface area contributed by atoms with Gasteiger partial charge in [-0.1, -0.05) is 0 Å². The lowest BCUT2D eigenvalue weighted by atomic mass is 10.0. The van der Waals surface area contributed by atoms with Crippen molar-refractivity contribution in [2.24, 2.45) is 11.8 Å². The number of carbonyl (C=O) groups is 2. The molecule has 0 aromatic heterocycles. The first-order valence-corrected chi connectivity index (χ1v) is 6.84. The molecular weight excluding hydrogens is 248 g/mol. The summed E-state index contributed by atoms with van der Waals surface area (Å²) in [5, 5.41) is 0. The molecule has 5 nitrogen and oxygen atoms in total. The van der Waals surface area contributed by atoms with Gasteiger partial charge in [-0.05, 0) is 65.2 Å². The maximum atomic E-state index is 11.5. The van der Waals surface area contributed by atoms with Crippen molar-refractivity contribution < 1.29 is 23.8 Å². The van der Waals surface area contributed by atoms with Crippen molar-refractivity contribution in [1.29, 1.82) is 0 Å². The molecule has 0 spiro atoms. The fourth-order valence-electron chi connectivity index (χ4n) is 2.26. The first-order chi connectivity index (χ1) is 8.71. The van der Waals surface area contributed by atoms with Gasteiger partial charge in [-0.25, -0.2) is 9.59 Å². The molecule has 0 aromatic rings. The SMILES string of the molecule is CC(C)(OC(=O)OC(=O)OC(C)(C)C1CC1)C1CC1. The van der Waals surface area contributed by atoms with Gasteiger partial charge in [-0.2, -0.15) is 0 Å². The molecule has 108 valence electrons. The lowest BCUT2D eigenvalue weighted by Gasteiger charge is -2.26. The molecule has 0 N–H and O–H groups in total. The van der Waals surface area contributed by atoms with E-state index in [0.717, 1.165) is 25.7 Å². The van der Waals surface area contributed by atoms with Gasteiger partial charge in [0.2, 0.25) is 0 Å². The van der Waals surface area contributed by atoms with Crippen molar-refractivity contribution in [3.63, 3.8) is 0 Å². The monoisotopic (exact) mass is 270 g/mol. The van der Waals surface area contributed by atoms with Crippen LogP contribution in [0.5, 0.6) is 0 Å². The Bertz CT molecular complexity index is 341. The molecule has 0 saturated heterocycles. The highest BCUT2D eigenvalue weighted by Crippen LogP contribution is 2.42. The van der Waals surface area contributed by atoms with E-state index in [2.05, 4.69) is 4.74 Å². The van der Waals surface area contributed by atoms with Crippen LogP contribution in [0.2, 0.25) is 0 Å². The molecule has 2 rings (SSSR count). The average molecular weight is 270 g/mol. The van der Waals surface area contributed by atoms with Crippen molar-refractivity contribution in [2.45, 2.75) is 64.6 Å². The highest BCUT2D eigenvalue weighted by molar-refractivity contribution is 5.77. The molecule has 2 aliphatic rings. The van der Waals surface area contributed by atoms with Crippen molar-refractivity contribution in [2.75, 3.05) is 0 Å². The van der Waals surface area contributed by atoms with Crippen LogP contribution in [-0.2, 0) is 14.2 Å². The average Bonchev–Trinajstić information content (AvgIpc) is 3.09. The topological polar surface area (TPSA) is 61.8 Å². The van der Waals surface area contributed by atoms with Crippen LogP contribution in [0.3, 0.4) is 0 Å². The molecule has 0 aromatic carbocycles. The minimum atomic E-state index is -0.978. The number of hydrogen-bond donors (Lipinski definition) is 0. The van der Waals surface area contributed by atoms with Crippen molar-refractivity contribution >= 4 is 12.3 Å². The van der Waals surface area contributed by atoms with Gasteiger partial charge < -0.3 is 14.2 Å². The van der Waals surface area contributed by atoms with E-state index >= 15 is 0 Å². The second kappa shape index (κ2) is 4.69. The molecule has 5 heteroatoms. The van der Waals surface area contributed by atoms with Crippen LogP contribution >= 0.6 is 0 Å². The molecule has 0 bridgehead atoms. The Hall–Kier alpha value is -1.26. The molecule has 0 aliphatic heterocycles. The molecule has 2 saturated carbocycles. The summed E-state index contributed by atoms with van der Waals surface area (Å²) in [5.74, 6) is 0.720. The molecule has 0 amide bonds. The Morgan fingerprint density at radius 2 is 1.11 bits per heavy atom. The van der Waals surface area contributed by atoms with E-state index in [0.29, 0.717) is 11.8 Å². The smallest absolute Gasteiger partial charge is 0.428 e. The van der Waals surface area contributed by atoms with Crippen LogP contribution in [0.25, 0.3) is 0 Å². The van der Waals surface area contributed by atoms with Crippen LogP contribution in [-0.4, -0.2) is 23.5 Å². The second-order valence-corrected chi connectivity index (χ2v) is 6.56. The minimum absolute atomic E-state index is 0.360. The van der Waals surface area contributed by atoms with Gasteiger partial charge in [0, 0.05) is 0 Å². The van der Waals surface area contributed by atoms with E-state index in [1.165, 1.54) is 0 Å². The number of hydrogen-bond acceptors (Lipinski definition) is 5. The van der Waals surface area contributed by atoms with Gasteiger partial charge >= 0.3 is 12.3 Å². The molecule has 2 aliphatic carbocycles. The Morgan fingerprint density at radius 1 is 0.789 bits per heavy atom. The van der Waals surface area contributed by atoms with Crippen molar-refractivity contribution in [3.8, 4) is 0 Å². The molecule has 0 radical (unpaired) electrons. The predicted molar refractivity (Wildman–Crippen MR) is 67.7 cm³/mol. The second-order valence-electron chi connectivity index (χ2n) is 6.56. The van der Waals surface area contributed by atoms with E-state index < -0.39 is 23.5 Å². The highest BCUT2D eigenvalue weighted by atomic mass is 16.8. The van der Waals surface area contributed by atoms with E-state index in [9.17, 15) is 9.59 Å². The Balaban J connectivity index is 1.76. The first kappa shape index (κ1) is 14.2. The normalized spacial score (nSPS) is 19.8. The van der Waals surface area contributed by atoms with Crippen LogP contribution in [0, 0.1) is 11.8 Å². The predicted octanol–water partition coefficient (Wildman–Crippen LogP) is 3.65. The molecule has 0 unspecified atom stereocenters. The van der Waals surface area contributed by atoms with E-state index in [1.54, 1.807) is 0 Å². The first-order valence-electron chi connectivity index (χ1n) is 6.84. The number of rotatable bonds is 4. The summed E-state index contributed by atoms with van der Waals surface area (Å²) in [4.78, 5) is 23.1. The molecule has 0 heterocycles. The number of ether oxygens (including phenoxy) is 3. The summed E-state index contributed by atoms with van der Waals surface area (Å²) in [6.45, 7) is 7.30. The summed E-state index contributed by atoms with van der Waals surface area (Å²) in [6, 6.07) is 0. The fraction of sp³-hybridized carbons (Fsp3) is 0.857. The standard InChI is InChI=1S/C14H22O5/c1-13(2,9-5-6-9)18-11(15)17-12(16)19-14(3,4)10-7-8-10/h9-10H,5-8H2,1-4H3. The zero-order valence-corrected chi connectivity index (χ0v) is 12.0. The number of carbonyl (C=O) groups excluding carboxylic acids is 2. The van der Waals surface area contributed by atoms with Gasteiger partial charge in [-0.15, -0.1) is 0 Å². The van der Waals surface area contributed by atoms with Crippen molar-refractivity contribution in [1.82, 2.24) is 0 Å². The van der Waals surface area contributed by atoms with E-state index in [1.807, 2.05) is 27.7 Å². The van der Waals surface area contributed by atoms with Crippen LogP contribution < -0.4 is 0 Å². The highest BCUT2D eigenvalue weighted by Gasteiger charge is 2.43. The summed E-state index contributed by atoms with van der Waals surface area (Å²) < 4.78 is 14.9. The van der Waals surface area contributed by atoms with Crippen LogP contribution in [0.1, 0.15) is 53.4 Å². The summed E-state index contributed by atoms with van der Waals surface area (Å²) in [5.41, 5.74) is -1.16. The Morgan fingerprint density at radius 3 is 1.37 bits per heavy atom. The van der Waals surface area contributed by atoms with Gasteiger partial charge in [-0.3, -0.25) is 0 Å². The van der Waals surface area contributed by atoms with Crippen LogP contribution in [0.15, 0.2) is 0 Å². The third-order valence-corrected chi connectivity index (χ3v) is 3.98. The molecule has 19 heavy (non-hydrogen) atoms. The fourth-order valence-corrected chi connectivity index (χ4v) is 2.26. The molecule has 0 atom stereocenters. The Kier molecular flexibility index (Phi) is 3.49. The zero-order valence-electron chi connectivity index (χ0n) is 12.0. The van der Waals surface area contributed by atoms with Gasteiger partial charge in [0.1, 0.15) is 11.2 Å². The Labute approximate surface area is 113 Å². The van der Waals surface area contributed by atoms with Gasteiger partial charge in [0.25, 0.3) is 0 Å².